The van der Waals surface area contributed by atoms with Gasteiger partial charge in [0.05, 0.1) is 3.79 Å². The molecule has 0 spiro atoms. The summed E-state index contributed by atoms with van der Waals surface area (Å²) in [5.74, 6) is 1.20. The Morgan fingerprint density at radius 2 is 2.29 bits per heavy atom. The van der Waals surface area contributed by atoms with Crippen LogP contribution in [0.5, 0.6) is 0 Å². The summed E-state index contributed by atoms with van der Waals surface area (Å²) in [5, 5.41) is 4.18. The average Bonchev–Trinajstić information content (AvgIpc) is 2.50. The van der Waals surface area contributed by atoms with Gasteiger partial charge in [0.2, 0.25) is 0 Å². The third kappa shape index (κ3) is 5.39. The van der Waals surface area contributed by atoms with Crippen molar-refractivity contribution in [2.45, 2.75) is 25.6 Å². The molecule has 0 aliphatic rings. The van der Waals surface area contributed by atoms with Crippen LogP contribution in [0.2, 0.25) is 0 Å². The molecule has 1 rings (SSSR count). The lowest BCUT2D eigenvalue weighted by atomic mass is 10.4. The van der Waals surface area contributed by atoms with Gasteiger partial charge >= 0.3 is 0 Å². The molecule has 0 fully saturated rings. The summed E-state index contributed by atoms with van der Waals surface area (Å²) < 4.78 is 1.21. The first-order chi connectivity index (χ1) is 6.68. The topological polar surface area (TPSA) is 12.0 Å². The minimum Gasteiger partial charge on any atom is -0.311 e. The molecule has 14 heavy (non-hydrogen) atoms. The van der Waals surface area contributed by atoms with Gasteiger partial charge in [0.15, 0.2) is 0 Å². The largest absolute Gasteiger partial charge is 0.311 e. The smallest absolute Gasteiger partial charge is 0.0701 e. The van der Waals surface area contributed by atoms with Crippen LogP contribution >= 0.6 is 39.0 Å². The fourth-order valence-corrected chi connectivity index (χ4v) is 3.21. The molecular weight excluding hydrogens is 278 g/mol. The molecule has 0 aliphatic carbocycles. The number of thioether (sulfide) groups is 1. The summed E-state index contributed by atoms with van der Waals surface area (Å²) in [6, 6.07) is 4.27. The van der Waals surface area contributed by atoms with Crippen molar-refractivity contribution in [3.63, 3.8) is 0 Å². The molecule has 1 aromatic rings. The number of halogens is 1. The van der Waals surface area contributed by atoms with Gasteiger partial charge in [0.25, 0.3) is 0 Å². The Bertz CT molecular complexity index is 260. The van der Waals surface area contributed by atoms with Gasteiger partial charge in [-0.15, -0.1) is 11.3 Å². The van der Waals surface area contributed by atoms with Crippen LogP contribution in [0.1, 0.15) is 18.7 Å². The maximum absolute atomic E-state index is 3.46. The predicted octanol–water partition coefficient (Wildman–Crippen LogP) is 3.74. The summed E-state index contributed by atoms with van der Waals surface area (Å²) in [6.45, 7) is 6.56. The van der Waals surface area contributed by atoms with Gasteiger partial charge in [-0.3, -0.25) is 0 Å². The molecule has 4 heteroatoms. The minimum atomic E-state index is 0.743. The van der Waals surface area contributed by atoms with E-state index < -0.39 is 0 Å². The molecule has 0 aromatic carbocycles. The highest BCUT2D eigenvalue weighted by Gasteiger charge is 1.97. The normalized spacial score (nSPS) is 11.1. The molecule has 0 saturated carbocycles. The summed E-state index contributed by atoms with van der Waals surface area (Å²) in [5.41, 5.74) is 0. The van der Waals surface area contributed by atoms with Crippen LogP contribution in [0.15, 0.2) is 15.9 Å². The van der Waals surface area contributed by atoms with Gasteiger partial charge in [0, 0.05) is 23.7 Å². The molecule has 1 heterocycles. The molecule has 1 nitrogen and oxygen atoms in total. The zero-order chi connectivity index (χ0) is 10.4. The van der Waals surface area contributed by atoms with E-state index >= 15 is 0 Å². The van der Waals surface area contributed by atoms with Crippen molar-refractivity contribution >= 4 is 39.0 Å². The molecular formula is C10H16BrNS2. The van der Waals surface area contributed by atoms with Gasteiger partial charge in [0.1, 0.15) is 0 Å². The van der Waals surface area contributed by atoms with Crippen LogP contribution in [0.3, 0.4) is 0 Å². The van der Waals surface area contributed by atoms with Crippen LogP contribution in [-0.4, -0.2) is 17.5 Å². The van der Waals surface area contributed by atoms with Gasteiger partial charge in [-0.05, 0) is 33.3 Å². The van der Waals surface area contributed by atoms with Crippen LogP contribution in [0, 0.1) is 0 Å². The van der Waals surface area contributed by atoms with Crippen molar-refractivity contribution in [2.75, 3.05) is 12.3 Å². The maximum Gasteiger partial charge on any atom is 0.0701 e. The standard InChI is InChI=1S/C10H16BrNS2/c1-8(2)13-6-5-12-7-9-3-4-10(11)14-9/h3-4,8,12H,5-7H2,1-2H3. The average molecular weight is 294 g/mol. The molecule has 0 bridgehead atoms. The molecule has 1 N–H and O–H groups in total. The summed E-state index contributed by atoms with van der Waals surface area (Å²) in [6.07, 6.45) is 0. The number of rotatable bonds is 6. The molecule has 0 saturated heterocycles. The van der Waals surface area contributed by atoms with E-state index in [1.54, 1.807) is 11.3 Å². The molecule has 0 amide bonds. The molecule has 0 aliphatic heterocycles. The zero-order valence-corrected chi connectivity index (χ0v) is 11.8. The Morgan fingerprint density at radius 1 is 1.50 bits per heavy atom. The second-order valence-electron chi connectivity index (χ2n) is 3.30. The van der Waals surface area contributed by atoms with E-state index in [1.165, 1.54) is 14.4 Å². The fraction of sp³-hybridized carbons (Fsp3) is 0.600. The SMILES string of the molecule is CC(C)SCCNCc1ccc(Br)s1. The highest BCUT2D eigenvalue weighted by atomic mass is 79.9. The maximum atomic E-state index is 3.46. The molecule has 1 aromatic heterocycles. The summed E-state index contributed by atoms with van der Waals surface area (Å²) in [4.78, 5) is 1.39. The predicted molar refractivity (Wildman–Crippen MR) is 71.3 cm³/mol. The van der Waals surface area contributed by atoms with E-state index in [4.69, 9.17) is 0 Å². The Hall–Kier alpha value is 0.490. The van der Waals surface area contributed by atoms with E-state index in [2.05, 4.69) is 47.2 Å². The Balaban J connectivity index is 2.04. The summed E-state index contributed by atoms with van der Waals surface area (Å²) in [7, 11) is 0. The second kappa shape index (κ2) is 6.88. The third-order valence-electron chi connectivity index (χ3n) is 1.66. The van der Waals surface area contributed by atoms with Crippen molar-refractivity contribution in [3.8, 4) is 0 Å². The monoisotopic (exact) mass is 293 g/mol. The number of nitrogens with one attached hydrogen (secondary N) is 1. The number of hydrogen-bond donors (Lipinski definition) is 1. The van der Waals surface area contributed by atoms with Crippen molar-refractivity contribution in [1.82, 2.24) is 5.32 Å². The van der Waals surface area contributed by atoms with Crippen molar-refractivity contribution in [2.24, 2.45) is 0 Å². The van der Waals surface area contributed by atoms with Gasteiger partial charge < -0.3 is 5.32 Å². The van der Waals surface area contributed by atoms with Gasteiger partial charge in [-0.25, -0.2) is 0 Å². The van der Waals surface area contributed by atoms with Crippen LogP contribution in [-0.2, 0) is 6.54 Å². The van der Waals surface area contributed by atoms with E-state index in [-0.39, 0.29) is 0 Å². The summed E-state index contributed by atoms with van der Waals surface area (Å²) >= 11 is 7.26. The first kappa shape index (κ1) is 12.6. The van der Waals surface area contributed by atoms with Crippen molar-refractivity contribution in [1.29, 1.82) is 0 Å². The molecule has 0 unspecified atom stereocenters. The van der Waals surface area contributed by atoms with E-state index in [1.807, 2.05) is 11.8 Å². The Kier molecular flexibility index (Phi) is 6.17. The van der Waals surface area contributed by atoms with E-state index in [9.17, 15) is 0 Å². The lowest BCUT2D eigenvalue weighted by Gasteiger charge is -2.05. The van der Waals surface area contributed by atoms with Gasteiger partial charge in [-0.1, -0.05) is 13.8 Å². The quantitative estimate of drug-likeness (QED) is 0.802. The van der Waals surface area contributed by atoms with E-state index in [0.717, 1.165) is 18.3 Å². The first-order valence-corrected chi connectivity index (χ1v) is 7.41. The lowest BCUT2D eigenvalue weighted by molar-refractivity contribution is 0.740. The molecule has 0 atom stereocenters. The van der Waals surface area contributed by atoms with Crippen LogP contribution in [0.4, 0.5) is 0 Å². The fourth-order valence-electron chi connectivity index (χ4n) is 1.03. The Labute approximate surface area is 103 Å². The minimum absolute atomic E-state index is 0.743. The molecule has 80 valence electrons. The first-order valence-electron chi connectivity index (χ1n) is 4.75. The van der Waals surface area contributed by atoms with Gasteiger partial charge in [-0.2, -0.15) is 11.8 Å². The number of hydrogen-bond acceptors (Lipinski definition) is 3. The third-order valence-corrected chi connectivity index (χ3v) is 4.39. The second-order valence-corrected chi connectivity index (χ2v) is 7.53. The number of thiophene rings is 1. The Morgan fingerprint density at radius 3 is 2.86 bits per heavy atom. The van der Waals surface area contributed by atoms with Crippen LogP contribution in [0.25, 0.3) is 0 Å². The lowest BCUT2D eigenvalue weighted by Crippen LogP contribution is -2.16. The highest BCUT2D eigenvalue weighted by molar-refractivity contribution is 9.11. The molecule has 0 radical (unpaired) electrons. The van der Waals surface area contributed by atoms with Crippen molar-refractivity contribution < 1.29 is 0 Å². The zero-order valence-electron chi connectivity index (χ0n) is 8.55. The highest BCUT2D eigenvalue weighted by Crippen LogP contribution is 2.21. The van der Waals surface area contributed by atoms with E-state index in [0.29, 0.717) is 0 Å². The van der Waals surface area contributed by atoms with Crippen molar-refractivity contribution in [3.05, 3.63) is 20.8 Å². The van der Waals surface area contributed by atoms with Crippen LogP contribution < -0.4 is 5.32 Å².